The third-order valence-electron chi connectivity index (χ3n) is 3.01. The lowest BCUT2D eigenvalue weighted by molar-refractivity contribution is 0.128. The Labute approximate surface area is 99.2 Å². The summed E-state index contributed by atoms with van der Waals surface area (Å²) in [5, 5.41) is 2.05. The number of alkyl halides is 2. The molecule has 0 aliphatic heterocycles. The van der Waals surface area contributed by atoms with Crippen LogP contribution in [0.25, 0.3) is 10.8 Å². The summed E-state index contributed by atoms with van der Waals surface area (Å²) in [4.78, 5) is 0. The van der Waals surface area contributed by atoms with Crippen molar-refractivity contribution in [2.45, 2.75) is 25.8 Å². The molecule has 17 heavy (non-hydrogen) atoms. The van der Waals surface area contributed by atoms with Gasteiger partial charge in [0.1, 0.15) is 0 Å². The summed E-state index contributed by atoms with van der Waals surface area (Å²) in [6.45, 7) is 2.00. The molecular formula is C14H15F2N. The minimum atomic E-state index is -2.37. The van der Waals surface area contributed by atoms with Gasteiger partial charge in [-0.05, 0) is 28.8 Å². The van der Waals surface area contributed by atoms with E-state index < -0.39 is 12.5 Å². The fourth-order valence-electron chi connectivity index (χ4n) is 2.12. The number of halogens is 2. The van der Waals surface area contributed by atoms with Gasteiger partial charge in [-0.3, -0.25) is 0 Å². The van der Waals surface area contributed by atoms with E-state index in [0.29, 0.717) is 0 Å². The number of rotatable bonds is 3. The van der Waals surface area contributed by atoms with E-state index in [-0.39, 0.29) is 6.42 Å². The molecule has 3 heteroatoms. The molecule has 0 radical (unpaired) electrons. The maximum absolute atomic E-state index is 12.4. The van der Waals surface area contributed by atoms with Gasteiger partial charge in [0.2, 0.25) is 6.43 Å². The molecule has 0 aromatic heterocycles. The molecule has 0 saturated carbocycles. The van der Waals surface area contributed by atoms with E-state index in [2.05, 4.69) is 0 Å². The molecule has 2 rings (SSSR count). The zero-order chi connectivity index (χ0) is 12.4. The standard InChI is InChI=1S/C14H15F2N/c1-9-6-7-12(13(17)8-14(15)16)11-5-3-2-4-10(9)11/h2-7,13-14H,8,17H2,1H3/t13-/m1/s1. The van der Waals surface area contributed by atoms with E-state index in [1.807, 2.05) is 43.3 Å². The van der Waals surface area contributed by atoms with Crippen LogP contribution in [0, 0.1) is 6.92 Å². The molecular weight excluding hydrogens is 220 g/mol. The Hall–Kier alpha value is -1.48. The van der Waals surface area contributed by atoms with Crippen LogP contribution >= 0.6 is 0 Å². The van der Waals surface area contributed by atoms with Crippen molar-refractivity contribution in [1.82, 2.24) is 0 Å². The molecule has 0 heterocycles. The van der Waals surface area contributed by atoms with Gasteiger partial charge in [-0.15, -0.1) is 0 Å². The molecule has 2 aromatic rings. The highest BCUT2D eigenvalue weighted by Gasteiger charge is 2.15. The molecule has 2 aromatic carbocycles. The Morgan fingerprint density at radius 1 is 1.06 bits per heavy atom. The summed E-state index contributed by atoms with van der Waals surface area (Å²) in [5.74, 6) is 0. The molecule has 90 valence electrons. The molecule has 0 saturated heterocycles. The lowest BCUT2D eigenvalue weighted by Gasteiger charge is -2.15. The molecule has 0 spiro atoms. The van der Waals surface area contributed by atoms with E-state index >= 15 is 0 Å². The van der Waals surface area contributed by atoms with Gasteiger partial charge < -0.3 is 5.73 Å². The first kappa shape index (κ1) is 12.0. The Balaban J connectivity index is 2.51. The van der Waals surface area contributed by atoms with Gasteiger partial charge in [0, 0.05) is 12.5 Å². The Morgan fingerprint density at radius 3 is 2.35 bits per heavy atom. The highest BCUT2D eigenvalue weighted by atomic mass is 19.3. The molecule has 0 aliphatic rings. The highest BCUT2D eigenvalue weighted by molar-refractivity contribution is 5.88. The van der Waals surface area contributed by atoms with E-state index in [0.717, 1.165) is 21.9 Å². The molecule has 1 nitrogen and oxygen atoms in total. The smallest absolute Gasteiger partial charge is 0.240 e. The van der Waals surface area contributed by atoms with Crippen LogP contribution in [0.15, 0.2) is 36.4 Å². The van der Waals surface area contributed by atoms with Crippen LogP contribution < -0.4 is 5.73 Å². The topological polar surface area (TPSA) is 26.0 Å². The summed E-state index contributed by atoms with van der Waals surface area (Å²) in [7, 11) is 0. The largest absolute Gasteiger partial charge is 0.324 e. The number of benzene rings is 2. The maximum atomic E-state index is 12.4. The van der Waals surface area contributed by atoms with Crippen molar-refractivity contribution < 1.29 is 8.78 Å². The van der Waals surface area contributed by atoms with Crippen LogP contribution in [-0.4, -0.2) is 6.43 Å². The molecule has 0 bridgehead atoms. The Bertz CT molecular complexity index is 523. The van der Waals surface area contributed by atoms with E-state index in [1.54, 1.807) is 0 Å². The number of fused-ring (bicyclic) bond motifs is 1. The predicted molar refractivity (Wildman–Crippen MR) is 66.2 cm³/mol. The van der Waals surface area contributed by atoms with E-state index in [9.17, 15) is 8.78 Å². The van der Waals surface area contributed by atoms with Crippen LogP contribution in [0.2, 0.25) is 0 Å². The van der Waals surface area contributed by atoms with Crippen molar-refractivity contribution in [3.05, 3.63) is 47.5 Å². The normalized spacial score (nSPS) is 13.2. The molecule has 1 atom stereocenters. The summed E-state index contributed by atoms with van der Waals surface area (Å²) in [6.07, 6.45) is -2.67. The second-order valence-electron chi connectivity index (χ2n) is 4.25. The zero-order valence-electron chi connectivity index (χ0n) is 9.66. The fourth-order valence-corrected chi connectivity index (χ4v) is 2.12. The lowest BCUT2D eigenvalue weighted by atomic mass is 9.95. The predicted octanol–water partition coefficient (Wildman–Crippen LogP) is 3.80. The lowest BCUT2D eigenvalue weighted by Crippen LogP contribution is -2.14. The summed E-state index contributed by atoms with van der Waals surface area (Å²) in [5.41, 5.74) is 7.76. The second-order valence-corrected chi connectivity index (χ2v) is 4.25. The van der Waals surface area contributed by atoms with Crippen molar-refractivity contribution in [1.29, 1.82) is 0 Å². The first-order valence-electron chi connectivity index (χ1n) is 5.61. The summed E-state index contributed by atoms with van der Waals surface area (Å²) < 4.78 is 24.7. The first-order valence-corrected chi connectivity index (χ1v) is 5.61. The molecule has 2 N–H and O–H groups in total. The number of hydrogen-bond donors (Lipinski definition) is 1. The van der Waals surface area contributed by atoms with Crippen LogP contribution in [0.3, 0.4) is 0 Å². The number of aryl methyl sites for hydroxylation is 1. The highest BCUT2D eigenvalue weighted by Crippen LogP contribution is 2.28. The zero-order valence-corrected chi connectivity index (χ0v) is 9.66. The van der Waals surface area contributed by atoms with Gasteiger partial charge in [0.25, 0.3) is 0 Å². The van der Waals surface area contributed by atoms with Crippen LogP contribution in [-0.2, 0) is 0 Å². The monoisotopic (exact) mass is 235 g/mol. The minimum Gasteiger partial charge on any atom is -0.324 e. The number of hydrogen-bond acceptors (Lipinski definition) is 1. The Morgan fingerprint density at radius 2 is 1.71 bits per heavy atom. The SMILES string of the molecule is Cc1ccc([C@H](N)CC(F)F)c2ccccc12. The van der Waals surface area contributed by atoms with Crippen LogP contribution in [0.5, 0.6) is 0 Å². The van der Waals surface area contributed by atoms with Gasteiger partial charge in [-0.25, -0.2) is 8.78 Å². The average Bonchev–Trinajstić information content (AvgIpc) is 2.29. The van der Waals surface area contributed by atoms with E-state index in [4.69, 9.17) is 5.73 Å². The van der Waals surface area contributed by atoms with Gasteiger partial charge in [0.15, 0.2) is 0 Å². The van der Waals surface area contributed by atoms with Gasteiger partial charge in [-0.1, -0.05) is 36.4 Å². The third kappa shape index (κ3) is 2.44. The number of nitrogens with two attached hydrogens (primary N) is 1. The average molecular weight is 235 g/mol. The van der Waals surface area contributed by atoms with Gasteiger partial charge in [0.05, 0.1) is 0 Å². The van der Waals surface area contributed by atoms with Gasteiger partial charge >= 0.3 is 0 Å². The van der Waals surface area contributed by atoms with E-state index in [1.165, 1.54) is 0 Å². The van der Waals surface area contributed by atoms with Crippen LogP contribution in [0.1, 0.15) is 23.6 Å². The Kier molecular flexibility index (Phi) is 3.38. The van der Waals surface area contributed by atoms with Crippen molar-refractivity contribution >= 4 is 10.8 Å². The quantitative estimate of drug-likeness (QED) is 0.860. The third-order valence-corrected chi connectivity index (χ3v) is 3.01. The molecule has 0 amide bonds. The fraction of sp³-hybridized carbons (Fsp3) is 0.286. The van der Waals surface area contributed by atoms with Crippen molar-refractivity contribution in [2.24, 2.45) is 5.73 Å². The van der Waals surface area contributed by atoms with Crippen molar-refractivity contribution in [3.8, 4) is 0 Å². The second kappa shape index (κ2) is 4.80. The van der Waals surface area contributed by atoms with Gasteiger partial charge in [-0.2, -0.15) is 0 Å². The van der Waals surface area contributed by atoms with Crippen molar-refractivity contribution in [2.75, 3.05) is 0 Å². The molecule has 0 unspecified atom stereocenters. The minimum absolute atomic E-state index is 0.299. The molecule has 0 aliphatic carbocycles. The van der Waals surface area contributed by atoms with Crippen LogP contribution in [0.4, 0.5) is 8.78 Å². The maximum Gasteiger partial charge on any atom is 0.240 e. The summed E-state index contributed by atoms with van der Waals surface area (Å²) in [6, 6.07) is 10.9. The first-order chi connectivity index (χ1) is 8.09. The molecule has 0 fully saturated rings. The van der Waals surface area contributed by atoms with Crippen molar-refractivity contribution in [3.63, 3.8) is 0 Å². The summed E-state index contributed by atoms with van der Waals surface area (Å²) >= 11 is 0.